The van der Waals surface area contributed by atoms with E-state index in [1.807, 2.05) is 19.1 Å². The fourth-order valence-electron chi connectivity index (χ4n) is 1.96. The lowest BCUT2D eigenvalue weighted by molar-refractivity contribution is -0.117. The Morgan fingerprint density at radius 2 is 2.44 bits per heavy atom. The fraction of sp³-hybridized carbons (Fsp3) is 0.462. The van der Waals surface area contributed by atoms with E-state index in [9.17, 15) is 4.79 Å². The number of carbonyl (C=O) groups excluding carboxylic acids is 1. The molecule has 1 aliphatic rings. The van der Waals surface area contributed by atoms with Gasteiger partial charge in [0.2, 0.25) is 0 Å². The van der Waals surface area contributed by atoms with Crippen LogP contribution in [0.5, 0.6) is 5.75 Å². The first-order chi connectivity index (χ1) is 7.83. The van der Waals surface area contributed by atoms with Crippen LogP contribution in [0, 0.1) is 0 Å². The van der Waals surface area contributed by atoms with E-state index in [0.717, 1.165) is 30.6 Å². The number of benzene rings is 1. The van der Waals surface area contributed by atoms with Crippen LogP contribution in [0.3, 0.4) is 0 Å². The van der Waals surface area contributed by atoms with Crippen LogP contribution < -0.4 is 4.74 Å². The molecule has 0 saturated carbocycles. The Kier molecular flexibility index (Phi) is 3.57. The standard InChI is InChI=1S/C13H16O3/c1-2-15-12(9-14)8-10-3-4-13-11(7-10)5-6-16-13/h3-4,7,9,12H,2,5-6,8H2,1H3. The average Bonchev–Trinajstić information content (AvgIpc) is 2.75. The predicted molar refractivity (Wildman–Crippen MR) is 60.8 cm³/mol. The number of fused-ring (bicyclic) bond motifs is 1. The van der Waals surface area contributed by atoms with Crippen molar-refractivity contribution in [3.05, 3.63) is 29.3 Å². The van der Waals surface area contributed by atoms with Gasteiger partial charge in [-0.1, -0.05) is 12.1 Å². The van der Waals surface area contributed by atoms with Crippen LogP contribution in [0.2, 0.25) is 0 Å². The summed E-state index contributed by atoms with van der Waals surface area (Å²) in [4.78, 5) is 10.8. The monoisotopic (exact) mass is 220 g/mol. The molecule has 0 fully saturated rings. The summed E-state index contributed by atoms with van der Waals surface area (Å²) in [6, 6.07) is 6.09. The van der Waals surface area contributed by atoms with Crippen molar-refractivity contribution in [1.82, 2.24) is 0 Å². The van der Waals surface area contributed by atoms with Gasteiger partial charge in [0, 0.05) is 19.4 Å². The number of aldehydes is 1. The Labute approximate surface area is 95.4 Å². The topological polar surface area (TPSA) is 35.5 Å². The van der Waals surface area contributed by atoms with E-state index in [1.54, 1.807) is 0 Å². The first-order valence-electron chi connectivity index (χ1n) is 5.65. The summed E-state index contributed by atoms with van der Waals surface area (Å²) < 4.78 is 10.7. The molecule has 0 bridgehead atoms. The molecule has 16 heavy (non-hydrogen) atoms. The number of rotatable bonds is 5. The third-order valence-electron chi connectivity index (χ3n) is 2.72. The molecule has 0 aliphatic carbocycles. The normalized spacial score (nSPS) is 15.3. The van der Waals surface area contributed by atoms with E-state index >= 15 is 0 Å². The molecular formula is C13H16O3. The van der Waals surface area contributed by atoms with Gasteiger partial charge in [-0.3, -0.25) is 0 Å². The van der Waals surface area contributed by atoms with Crippen LogP contribution in [0.1, 0.15) is 18.1 Å². The molecular weight excluding hydrogens is 204 g/mol. The highest BCUT2D eigenvalue weighted by molar-refractivity contribution is 5.57. The first-order valence-corrected chi connectivity index (χ1v) is 5.65. The van der Waals surface area contributed by atoms with Crippen LogP contribution in [-0.4, -0.2) is 25.6 Å². The Balaban J connectivity index is 2.06. The number of hydrogen-bond acceptors (Lipinski definition) is 3. The van der Waals surface area contributed by atoms with Gasteiger partial charge in [0.25, 0.3) is 0 Å². The van der Waals surface area contributed by atoms with Gasteiger partial charge in [-0.25, -0.2) is 0 Å². The molecule has 1 atom stereocenters. The summed E-state index contributed by atoms with van der Waals surface area (Å²) in [5, 5.41) is 0. The lowest BCUT2D eigenvalue weighted by Gasteiger charge is -2.10. The quantitative estimate of drug-likeness (QED) is 0.709. The van der Waals surface area contributed by atoms with Crippen molar-refractivity contribution in [2.75, 3.05) is 13.2 Å². The third-order valence-corrected chi connectivity index (χ3v) is 2.72. The Hall–Kier alpha value is -1.35. The zero-order chi connectivity index (χ0) is 11.4. The number of hydrogen-bond donors (Lipinski definition) is 0. The Morgan fingerprint density at radius 1 is 1.56 bits per heavy atom. The number of carbonyl (C=O) groups is 1. The van der Waals surface area contributed by atoms with Crippen molar-refractivity contribution in [2.24, 2.45) is 0 Å². The summed E-state index contributed by atoms with van der Waals surface area (Å²) in [5.41, 5.74) is 2.37. The zero-order valence-corrected chi connectivity index (χ0v) is 9.44. The molecule has 1 heterocycles. The second-order valence-electron chi connectivity index (χ2n) is 3.87. The smallest absolute Gasteiger partial charge is 0.149 e. The second-order valence-corrected chi connectivity index (χ2v) is 3.87. The number of ether oxygens (including phenoxy) is 2. The van der Waals surface area contributed by atoms with Gasteiger partial charge in [0.15, 0.2) is 0 Å². The molecule has 1 aliphatic heterocycles. The molecule has 2 rings (SSSR count). The van der Waals surface area contributed by atoms with E-state index in [1.165, 1.54) is 5.56 Å². The van der Waals surface area contributed by atoms with Crippen LogP contribution in [0.15, 0.2) is 18.2 Å². The highest BCUT2D eigenvalue weighted by atomic mass is 16.5. The van der Waals surface area contributed by atoms with Gasteiger partial charge in [0.1, 0.15) is 18.1 Å². The van der Waals surface area contributed by atoms with E-state index in [4.69, 9.17) is 9.47 Å². The minimum absolute atomic E-state index is 0.328. The van der Waals surface area contributed by atoms with Gasteiger partial charge in [-0.05, 0) is 24.1 Å². The molecule has 86 valence electrons. The molecule has 1 aromatic carbocycles. The lowest BCUT2D eigenvalue weighted by Crippen LogP contribution is -2.17. The van der Waals surface area contributed by atoms with Crippen LogP contribution in [-0.2, 0) is 22.4 Å². The largest absolute Gasteiger partial charge is 0.493 e. The summed E-state index contributed by atoms with van der Waals surface area (Å²) in [7, 11) is 0. The zero-order valence-electron chi connectivity index (χ0n) is 9.44. The van der Waals surface area contributed by atoms with Gasteiger partial charge in [-0.2, -0.15) is 0 Å². The molecule has 3 nitrogen and oxygen atoms in total. The molecule has 0 radical (unpaired) electrons. The maximum Gasteiger partial charge on any atom is 0.149 e. The van der Waals surface area contributed by atoms with E-state index in [-0.39, 0.29) is 6.10 Å². The maximum atomic E-state index is 10.8. The molecule has 3 heteroatoms. The minimum Gasteiger partial charge on any atom is -0.493 e. The molecule has 1 aromatic rings. The Morgan fingerprint density at radius 3 is 3.19 bits per heavy atom. The highest BCUT2D eigenvalue weighted by Gasteiger charge is 2.14. The van der Waals surface area contributed by atoms with Gasteiger partial charge >= 0.3 is 0 Å². The van der Waals surface area contributed by atoms with Crippen LogP contribution in [0.25, 0.3) is 0 Å². The van der Waals surface area contributed by atoms with Crippen molar-refractivity contribution in [3.63, 3.8) is 0 Å². The average molecular weight is 220 g/mol. The summed E-state index contributed by atoms with van der Waals surface area (Å²) in [6.45, 7) is 3.23. The van der Waals surface area contributed by atoms with Crippen molar-refractivity contribution in [2.45, 2.75) is 25.9 Å². The second kappa shape index (κ2) is 5.12. The molecule has 0 aromatic heterocycles. The maximum absolute atomic E-state index is 10.8. The molecule has 0 saturated heterocycles. The predicted octanol–water partition coefficient (Wildman–Crippen LogP) is 1.77. The van der Waals surface area contributed by atoms with E-state index in [0.29, 0.717) is 13.0 Å². The van der Waals surface area contributed by atoms with Crippen LogP contribution >= 0.6 is 0 Å². The highest BCUT2D eigenvalue weighted by Crippen LogP contribution is 2.26. The van der Waals surface area contributed by atoms with E-state index < -0.39 is 0 Å². The first kappa shape index (κ1) is 11.1. The fourth-order valence-corrected chi connectivity index (χ4v) is 1.96. The van der Waals surface area contributed by atoms with Crippen molar-refractivity contribution in [3.8, 4) is 5.75 Å². The summed E-state index contributed by atoms with van der Waals surface area (Å²) >= 11 is 0. The van der Waals surface area contributed by atoms with E-state index in [2.05, 4.69) is 6.07 Å². The third kappa shape index (κ3) is 2.42. The molecule has 0 spiro atoms. The summed E-state index contributed by atoms with van der Waals surface area (Å²) in [6.07, 6.45) is 2.15. The summed E-state index contributed by atoms with van der Waals surface area (Å²) in [5.74, 6) is 0.975. The SMILES string of the molecule is CCOC(C=O)Cc1ccc2c(c1)CCO2. The van der Waals surface area contributed by atoms with Crippen molar-refractivity contribution < 1.29 is 14.3 Å². The molecule has 0 amide bonds. The van der Waals surface area contributed by atoms with Crippen molar-refractivity contribution in [1.29, 1.82) is 0 Å². The molecule has 1 unspecified atom stereocenters. The van der Waals surface area contributed by atoms with Crippen LogP contribution in [0.4, 0.5) is 0 Å². The Bertz CT molecular complexity index is 373. The van der Waals surface area contributed by atoms with Crippen molar-refractivity contribution >= 4 is 6.29 Å². The lowest BCUT2D eigenvalue weighted by atomic mass is 10.0. The van der Waals surface area contributed by atoms with Gasteiger partial charge in [0.05, 0.1) is 6.61 Å². The molecule has 0 N–H and O–H groups in total. The van der Waals surface area contributed by atoms with Gasteiger partial charge in [-0.15, -0.1) is 0 Å². The van der Waals surface area contributed by atoms with Gasteiger partial charge < -0.3 is 14.3 Å². The minimum atomic E-state index is -0.328.